The zero-order chi connectivity index (χ0) is 16.1. The molecule has 2 rings (SSSR count). The van der Waals surface area contributed by atoms with E-state index in [1.165, 1.54) is 18.4 Å². The lowest BCUT2D eigenvalue weighted by molar-refractivity contribution is -0.136. The van der Waals surface area contributed by atoms with E-state index in [1.807, 2.05) is 0 Å². The molecule has 1 atom stereocenters. The lowest BCUT2D eigenvalue weighted by atomic mass is 10.2. The molecular formula is C15H15FN2O4. The summed E-state index contributed by atoms with van der Waals surface area (Å²) in [6.45, 7) is 1.51. The number of aliphatic hydroxyl groups excluding tert-OH is 1. The Kier molecular flexibility index (Phi) is 4.90. The van der Waals surface area contributed by atoms with E-state index < -0.39 is 23.7 Å². The lowest BCUT2D eigenvalue weighted by Crippen LogP contribution is -2.37. The second-order valence-corrected chi connectivity index (χ2v) is 4.68. The third kappa shape index (κ3) is 3.92. The van der Waals surface area contributed by atoms with Crippen LogP contribution in [0.5, 0.6) is 0 Å². The number of furan rings is 1. The highest BCUT2D eigenvalue weighted by atomic mass is 19.1. The van der Waals surface area contributed by atoms with Crippen molar-refractivity contribution in [3.05, 3.63) is 53.7 Å². The molecule has 0 saturated heterocycles. The monoisotopic (exact) mass is 306 g/mol. The molecule has 0 fully saturated rings. The first kappa shape index (κ1) is 15.7. The Morgan fingerprint density at radius 3 is 2.73 bits per heavy atom. The number of aryl methyl sites for hydroxylation is 1. The Balaban J connectivity index is 1.88. The van der Waals surface area contributed by atoms with Crippen LogP contribution >= 0.6 is 0 Å². The van der Waals surface area contributed by atoms with Gasteiger partial charge in [0.1, 0.15) is 17.7 Å². The predicted octanol–water partition coefficient (Wildman–Crippen LogP) is 1.52. The first-order chi connectivity index (χ1) is 10.5. The van der Waals surface area contributed by atoms with Crippen molar-refractivity contribution in [1.82, 2.24) is 5.32 Å². The summed E-state index contributed by atoms with van der Waals surface area (Å²) in [5, 5.41) is 14.1. The third-order valence-corrected chi connectivity index (χ3v) is 2.91. The number of nitrogens with one attached hydrogen (secondary N) is 2. The van der Waals surface area contributed by atoms with Gasteiger partial charge in [0.2, 0.25) is 0 Å². The number of amides is 2. The molecule has 0 aliphatic heterocycles. The largest absolute Gasteiger partial charge is 0.467 e. The van der Waals surface area contributed by atoms with Gasteiger partial charge in [0.25, 0.3) is 0 Å². The van der Waals surface area contributed by atoms with Crippen molar-refractivity contribution in [2.45, 2.75) is 13.0 Å². The predicted molar refractivity (Wildman–Crippen MR) is 76.4 cm³/mol. The van der Waals surface area contributed by atoms with Crippen molar-refractivity contribution in [3.63, 3.8) is 0 Å². The highest BCUT2D eigenvalue weighted by Gasteiger charge is 2.18. The molecule has 116 valence electrons. The van der Waals surface area contributed by atoms with Crippen LogP contribution in [0.15, 0.2) is 41.0 Å². The molecule has 0 aliphatic carbocycles. The molecule has 22 heavy (non-hydrogen) atoms. The van der Waals surface area contributed by atoms with Crippen molar-refractivity contribution in [3.8, 4) is 0 Å². The van der Waals surface area contributed by atoms with Crippen LogP contribution in [0, 0.1) is 12.7 Å². The molecule has 6 nitrogen and oxygen atoms in total. The maximum atomic E-state index is 13.6. The van der Waals surface area contributed by atoms with Gasteiger partial charge in [-0.1, -0.05) is 6.07 Å². The number of hydrogen-bond acceptors (Lipinski definition) is 4. The highest BCUT2D eigenvalue weighted by molar-refractivity contribution is 6.39. The van der Waals surface area contributed by atoms with Gasteiger partial charge >= 0.3 is 11.8 Å². The van der Waals surface area contributed by atoms with E-state index in [1.54, 1.807) is 25.1 Å². The van der Waals surface area contributed by atoms with Gasteiger partial charge in [0.05, 0.1) is 18.5 Å². The van der Waals surface area contributed by atoms with Crippen LogP contribution in [0.3, 0.4) is 0 Å². The highest BCUT2D eigenvalue weighted by Crippen LogP contribution is 2.15. The zero-order valence-electron chi connectivity index (χ0n) is 11.8. The molecule has 1 unspecified atom stereocenters. The Morgan fingerprint density at radius 1 is 1.32 bits per heavy atom. The van der Waals surface area contributed by atoms with Gasteiger partial charge < -0.3 is 20.2 Å². The molecule has 1 aromatic heterocycles. The summed E-state index contributed by atoms with van der Waals surface area (Å²) in [6, 6.07) is 7.35. The van der Waals surface area contributed by atoms with Crippen molar-refractivity contribution < 1.29 is 23.5 Å². The third-order valence-electron chi connectivity index (χ3n) is 2.91. The summed E-state index contributed by atoms with van der Waals surface area (Å²) < 4.78 is 18.5. The Labute approximate surface area is 125 Å². The number of benzene rings is 1. The second-order valence-electron chi connectivity index (χ2n) is 4.68. The molecule has 0 bridgehead atoms. The van der Waals surface area contributed by atoms with Gasteiger partial charge in [-0.3, -0.25) is 9.59 Å². The number of halogens is 1. The molecule has 2 aromatic rings. The Morgan fingerprint density at radius 2 is 2.09 bits per heavy atom. The van der Waals surface area contributed by atoms with Crippen LogP contribution in [0.2, 0.25) is 0 Å². The molecule has 0 spiro atoms. The number of carbonyl (C=O) groups is 2. The normalized spacial score (nSPS) is 11.8. The van der Waals surface area contributed by atoms with Gasteiger partial charge in [-0.2, -0.15) is 0 Å². The average molecular weight is 306 g/mol. The van der Waals surface area contributed by atoms with Gasteiger partial charge in [0.15, 0.2) is 0 Å². The van der Waals surface area contributed by atoms with E-state index in [2.05, 4.69) is 10.6 Å². The summed E-state index contributed by atoms with van der Waals surface area (Å²) in [5.41, 5.74) is 0.610. The average Bonchev–Trinajstić information content (AvgIpc) is 3.01. The molecule has 1 aromatic carbocycles. The summed E-state index contributed by atoms with van der Waals surface area (Å²) in [6.07, 6.45) is 0.315. The summed E-state index contributed by atoms with van der Waals surface area (Å²) >= 11 is 0. The Hall–Kier alpha value is -2.67. The fourth-order valence-corrected chi connectivity index (χ4v) is 1.75. The first-order valence-corrected chi connectivity index (χ1v) is 6.54. The first-order valence-electron chi connectivity index (χ1n) is 6.54. The molecular weight excluding hydrogens is 291 g/mol. The minimum absolute atomic E-state index is 0.0858. The molecule has 2 amide bonds. The quantitative estimate of drug-likeness (QED) is 0.747. The molecule has 3 N–H and O–H groups in total. The minimum atomic E-state index is -1.07. The second kappa shape index (κ2) is 6.86. The number of carbonyl (C=O) groups excluding carboxylic acids is 2. The van der Waals surface area contributed by atoms with Crippen molar-refractivity contribution in [2.75, 3.05) is 11.9 Å². The number of rotatable bonds is 4. The van der Waals surface area contributed by atoms with E-state index in [4.69, 9.17) is 4.42 Å². The van der Waals surface area contributed by atoms with E-state index in [9.17, 15) is 19.1 Å². The molecule has 7 heteroatoms. The van der Waals surface area contributed by atoms with Crippen molar-refractivity contribution >= 4 is 17.5 Å². The van der Waals surface area contributed by atoms with E-state index in [-0.39, 0.29) is 18.0 Å². The molecule has 1 heterocycles. The van der Waals surface area contributed by atoms with E-state index in [0.717, 1.165) is 0 Å². The van der Waals surface area contributed by atoms with Gasteiger partial charge in [-0.15, -0.1) is 0 Å². The van der Waals surface area contributed by atoms with Gasteiger partial charge in [-0.05, 0) is 36.8 Å². The summed E-state index contributed by atoms with van der Waals surface area (Å²) in [4.78, 5) is 23.3. The van der Waals surface area contributed by atoms with Crippen molar-refractivity contribution in [1.29, 1.82) is 0 Å². The van der Waals surface area contributed by atoms with Crippen LogP contribution in [0.25, 0.3) is 0 Å². The fourth-order valence-electron chi connectivity index (χ4n) is 1.75. The maximum Gasteiger partial charge on any atom is 0.313 e. The van der Waals surface area contributed by atoms with E-state index >= 15 is 0 Å². The summed E-state index contributed by atoms with van der Waals surface area (Å²) in [5.74, 6) is -2.36. The van der Waals surface area contributed by atoms with Crippen LogP contribution in [0.4, 0.5) is 10.1 Å². The molecule has 0 radical (unpaired) electrons. The van der Waals surface area contributed by atoms with Gasteiger partial charge in [0, 0.05) is 0 Å². The Bertz CT molecular complexity index is 670. The van der Waals surface area contributed by atoms with Crippen LogP contribution in [-0.4, -0.2) is 23.5 Å². The number of anilines is 1. The zero-order valence-corrected chi connectivity index (χ0v) is 11.8. The minimum Gasteiger partial charge on any atom is -0.467 e. The molecule has 0 saturated carbocycles. The summed E-state index contributed by atoms with van der Waals surface area (Å²) in [7, 11) is 0. The molecule has 0 aliphatic rings. The van der Waals surface area contributed by atoms with Crippen molar-refractivity contribution in [2.24, 2.45) is 0 Å². The van der Waals surface area contributed by atoms with Crippen LogP contribution in [0.1, 0.15) is 17.4 Å². The van der Waals surface area contributed by atoms with Crippen LogP contribution in [-0.2, 0) is 9.59 Å². The standard InChI is InChI=1S/C15H15FN2O4/c1-9-4-5-11(10(16)7-9)18-15(21)14(20)17-8-12(19)13-3-2-6-22-13/h2-7,12,19H,8H2,1H3,(H,17,20)(H,18,21). The maximum absolute atomic E-state index is 13.6. The smallest absolute Gasteiger partial charge is 0.313 e. The number of aliphatic hydroxyl groups is 1. The number of hydrogen-bond donors (Lipinski definition) is 3. The topological polar surface area (TPSA) is 91.6 Å². The fraction of sp³-hybridized carbons (Fsp3) is 0.200. The SMILES string of the molecule is Cc1ccc(NC(=O)C(=O)NCC(O)c2ccco2)c(F)c1. The van der Waals surface area contributed by atoms with E-state index in [0.29, 0.717) is 5.56 Å². The van der Waals surface area contributed by atoms with Crippen LogP contribution < -0.4 is 10.6 Å². The van der Waals surface area contributed by atoms with Gasteiger partial charge in [-0.25, -0.2) is 4.39 Å². The lowest BCUT2D eigenvalue weighted by Gasteiger charge is -2.10.